The summed E-state index contributed by atoms with van der Waals surface area (Å²) in [5.41, 5.74) is 2.04. The molecule has 0 N–H and O–H groups in total. The first-order chi connectivity index (χ1) is 6.19. The highest BCUT2D eigenvalue weighted by Gasteiger charge is 2.07. The molecule has 0 aliphatic heterocycles. The van der Waals surface area contributed by atoms with E-state index >= 15 is 0 Å². The maximum absolute atomic E-state index is 10.4. The maximum atomic E-state index is 10.4. The largest absolute Gasteiger partial charge is 0.495 e. The number of carbonyl (C=O) groups excluding carboxylic acids is 1. The predicted octanol–water partition coefficient (Wildman–Crippen LogP) is 2.51. The summed E-state index contributed by atoms with van der Waals surface area (Å²) in [4.78, 5) is 10.4. The van der Waals surface area contributed by atoms with Crippen molar-refractivity contribution in [3.8, 4) is 5.75 Å². The Kier molecular flexibility index (Phi) is 3.48. The van der Waals surface area contributed by atoms with Crippen LogP contribution in [-0.2, 0) is 11.2 Å². The average Bonchev–Trinajstić information content (AvgIpc) is 2.04. The minimum Gasteiger partial charge on any atom is -0.495 e. The van der Waals surface area contributed by atoms with Crippen molar-refractivity contribution in [2.75, 3.05) is 7.11 Å². The lowest BCUT2D eigenvalue weighted by molar-refractivity contribution is -0.107. The molecule has 0 fully saturated rings. The summed E-state index contributed by atoms with van der Waals surface area (Å²) in [5.74, 6) is 0.748. The lowest BCUT2D eigenvalue weighted by Gasteiger charge is -2.09. The molecule has 0 spiro atoms. The lowest BCUT2D eigenvalue weighted by Crippen LogP contribution is -1.95. The van der Waals surface area contributed by atoms with Gasteiger partial charge in [0, 0.05) is 12.0 Å². The zero-order valence-electron chi connectivity index (χ0n) is 7.63. The van der Waals surface area contributed by atoms with Crippen molar-refractivity contribution in [3.63, 3.8) is 0 Å². The summed E-state index contributed by atoms with van der Waals surface area (Å²) in [6, 6.07) is 3.92. The van der Waals surface area contributed by atoms with Crippen LogP contribution in [0.1, 0.15) is 11.1 Å². The van der Waals surface area contributed by atoms with E-state index in [9.17, 15) is 4.79 Å². The summed E-state index contributed by atoms with van der Waals surface area (Å²) in [7, 11) is 1.60. The standard InChI is InChI=1S/C10H11BrO2/c1-7-5-8(3-4-12)10(13-2)9(11)6-7/h4-6H,3H2,1-2H3. The normalized spacial score (nSPS) is 9.77. The van der Waals surface area contributed by atoms with Crippen LogP contribution in [0.2, 0.25) is 0 Å². The second-order valence-corrected chi connectivity index (χ2v) is 3.66. The number of aryl methyl sites for hydroxylation is 1. The molecule has 1 aromatic carbocycles. The SMILES string of the molecule is COc1c(Br)cc(C)cc1CC=O. The van der Waals surface area contributed by atoms with E-state index in [1.807, 2.05) is 19.1 Å². The fourth-order valence-corrected chi connectivity index (χ4v) is 2.05. The van der Waals surface area contributed by atoms with Crippen LogP contribution in [0, 0.1) is 6.92 Å². The van der Waals surface area contributed by atoms with Crippen molar-refractivity contribution >= 4 is 22.2 Å². The van der Waals surface area contributed by atoms with Gasteiger partial charge in [0.25, 0.3) is 0 Å². The van der Waals surface area contributed by atoms with E-state index < -0.39 is 0 Å². The lowest BCUT2D eigenvalue weighted by atomic mass is 10.1. The molecular weight excluding hydrogens is 232 g/mol. The van der Waals surface area contributed by atoms with Crippen LogP contribution < -0.4 is 4.74 Å². The molecule has 1 rings (SSSR count). The molecule has 0 saturated heterocycles. The van der Waals surface area contributed by atoms with Gasteiger partial charge in [0.05, 0.1) is 11.6 Å². The number of halogens is 1. The average molecular weight is 243 g/mol. The maximum Gasteiger partial charge on any atom is 0.136 e. The number of rotatable bonds is 3. The Balaban J connectivity index is 3.20. The molecule has 13 heavy (non-hydrogen) atoms. The van der Waals surface area contributed by atoms with Gasteiger partial charge in [-0.1, -0.05) is 6.07 Å². The number of hydrogen-bond donors (Lipinski definition) is 0. The number of aldehydes is 1. The summed E-state index contributed by atoms with van der Waals surface area (Å²) >= 11 is 3.39. The van der Waals surface area contributed by atoms with Crippen LogP contribution in [0.3, 0.4) is 0 Å². The van der Waals surface area contributed by atoms with E-state index in [4.69, 9.17) is 4.74 Å². The Morgan fingerprint density at radius 3 is 2.77 bits per heavy atom. The highest BCUT2D eigenvalue weighted by molar-refractivity contribution is 9.10. The van der Waals surface area contributed by atoms with Gasteiger partial charge in [-0.3, -0.25) is 0 Å². The van der Waals surface area contributed by atoms with Crippen molar-refractivity contribution in [3.05, 3.63) is 27.7 Å². The van der Waals surface area contributed by atoms with Crippen LogP contribution >= 0.6 is 15.9 Å². The minimum absolute atomic E-state index is 0.392. The summed E-state index contributed by atoms with van der Waals surface area (Å²) in [6.45, 7) is 1.98. The van der Waals surface area contributed by atoms with Crippen LogP contribution in [0.15, 0.2) is 16.6 Å². The smallest absolute Gasteiger partial charge is 0.136 e. The van der Waals surface area contributed by atoms with E-state index in [1.165, 1.54) is 0 Å². The zero-order chi connectivity index (χ0) is 9.84. The Hall–Kier alpha value is -0.830. The first kappa shape index (κ1) is 10.3. The highest BCUT2D eigenvalue weighted by Crippen LogP contribution is 2.30. The van der Waals surface area contributed by atoms with Gasteiger partial charge < -0.3 is 9.53 Å². The van der Waals surface area contributed by atoms with Gasteiger partial charge in [0.15, 0.2) is 0 Å². The minimum atomic E-state index is 0.392. The molecule has 0 aromatic heterocycles. The molecule has 0 heterocycles. The van der Waals surface area contributed by atoms with Gasteiger partial charge in [-0.25, -0.2) is 0 Å². The van der Waals surface area contributed by atoms with Crippen LogP contribution in [0.5, 0.6) is 5.75 Å². The van der Waals surface area contributed by atoms with Gasteiger partial charge in [-0.05, 0) is 34.5 Å². The number of carbonyl (C=O) groups is 1. The Bertz CT molecular complexity index is 321. The van der Waals surface area contributed by atoms with Crippen LogP contribution in [0.4, 0.5) is 0 Å². The van der Waals surface area contributed by atoms with Crippen LogP contribution in [-0.4, -0.2) is 13.4 Å². The van der Waals surface area contributed by atoms with E-state index in [0.29, 0.717) is 6.42 Å². The van der Waals surface area contributed by atoms with Gasteiger partial charge >= 0.3 is 0 Å². The summed E-state index contributed by atoms with van der Waals surface area (Å²) in [6.07, 6.45) is 1.27. The van der Waals surface area contributed by atoms with Gasteiger partial charge in [0.2, 0.25) is 0 Å². The fourth-order valence-electron chi connectivity index (χ4n) is 1.27. The number of benzene rings is 1. The molecule has 0 aliphatic carbocycles. The molecule has 0 saturated carbocycles. The van der Waals surface area contributed by atoms with Gasteiger partial charge in [0.1, 0.15) is 12.0 Å². The predicted molar refractivity (Wildman–Crippen MR) is 55.2 cm³/mol. The molecule has 0 unspecified atom stereocenters. The molecule has 0 amide bonds. The molecule has 2 nitrogen and oxygen atoms in total. The van der Waals surface area contributed by atoms with Crippen molar-refractivity contribution in [2.24, 2.45) is 0 Å². The van der Waals surface area contributed by atoms with Crippen LogP contribution in [0.25, 0.3) is 0 Å². The molecule has 0 radical (unpaired) electrons. The quantitative estimate of drug-likeness (QED) is 0.762. The van der Waals surface area contributed by atoms with Crippen molar-refractivity contribution in [1.29, 1.82) is 0 Å². The Labute approximate surface area is 86.0 Å². The third kappa shape index (κ3) is 2.31. The van der Waals surface area contributed by atoms with Crippen molar-refractivity contribution in [1.82, 2.24) is 0 Å². The van der Waals surface area contributed by atoms with E-state index in [1.54, 1.807) is 7.11 Å². The summed E-state index contributed by atoms with van der Waals surface area (Å²) < 4.78 is 6.07. The molecule has 1 aromatic rings. The molecule has 0 atom stereocenters. The topological polar surface area (TPSA) is 26.3 Å². The number of ether oxygens (including phenoxy) is 1. The number of methoxy groups -OCH3 is 1. The highest BCUT2D eigenvalue weighted by atomic mass is 79.9. The second kappa shape index (κ2) is 4.42. The summed E-state index contributed by atoms with van der Waals surface area (Å²) in [5, 5.41) is 0. The third-order valence-corrected chi connectivity index (χ3v) is 2.36. The van der Waals surface area contributed by atoms with E-state index in [0.717, 1.165) is 27.6 Å². The molecule has 70 valence electrons. The monoisotopic (exact) mass is 242 g/mol. The van der Waals surface area contributed by atoms with E-state index in [-0.39, 0.29) is 0 Å². The third-order valence-electron chi connectivity index (χ3n) is 1.77. The molecule has 3 heteroatoms. The number of hydrogen-bond acceptors (Lipinski definition) is 2. The van der Waals surface area contributed by atoms with Gasteiger partial charge in [-0.15, -0.1) is 0 Å². The molecule has 0 aliphatic rings. The Morgan fingerprint density at radius 2 is 2.23 bits per heavy atom. The van der Waals surface area contributed by atoms with Crippen molar-refractivity contribution in [2.45, 2.75) is 13.3 Å². The first-order valence-electron chi connectivity index (χ1n) is 3.95. The first-order valence-corrected chi connectivity index (χ1v) is 4.75. The molecular formula is C10H11BrO2. The van der Waals surface area contributed by atoms with Crippen molar-refractivity contribution < 1.29 is 9.53 Å². The van der Waals surface area contributed by atoms with Gasteiger partial charge in [-0.2, -0.15) is 0 Å². The molecule has 0 bridgehead atoms. The fraction of sp³-hybridized carbons (Fsp3) is 0.300. The zero-order valence-corrected chi connectivity index (χ0v) is 9.22. The second-order valence-electron chi connectivity index (χ2n) is 2.81. The Morgan fingerprint density at radius 1 is 1.54 bits per heavy atom. The van der Waals surface area contributed by atoms with E-state index in [2.05, 4.69) is 15.9 Å².